The highest BCUT2D eigenvalue weighted by molar-refractivity contribution is 7.09. The van der Waals surface area contributed by atoms with Gasteiger partial charge in [-0.3, -0.25) is 24.1 Å². The Labute approximate surface area is 302 Å². The van der Waals surface area contributed by atoms with Crippen molar-refractivity contribution in [2.24, 2.45) is 17.8 Å². The van der Waals surface area contributed by atoms with E-state index in [9.17, 15) is 19.2 Å². The summed E-state index contributed by atoms with van der Waals surface area (Å²) in [5, 5.41) is 8.54. The van der Waals surface area contributed by atoms with Crippen LogP contribution in [0.3, 0.4) is 0 Å². The molecule has 0 saturated carbocycles. The van der Waals surface area contributed by atoms with Crippen LogP contribution < -0.4 is 10.6 Å². The minimum absolute atomic E-state index is 0.0810. The van der Waals surface area contributed by atoms with Gasteiger partial charge in [-0.2, -0.15) is 0 Å². The summed E-state index contributed by atoms with van der Waals surface area (Å²) in [5.41, 5.74) is 1.32. The van der Waals surface area contributed by atoms with Gasteiger partial charge in [0, 0.05) is 38.0 Å². The van der Waals surface area contributed by atoms with Crippen LogP contribution in [-0.4, -0.2) is 97.0 Å². The molecule has 1 fully saturated rings. The number of likely N-dealkylation sites (tertiary alicyclic amines) is 1. The number of nitrogens with zero attached hydrogens (tertiary/aromatic N) is 3. The van der Waals surface area contributed by atoms with Gasteiger partial charge in [-0.15, -0.1) is 11.3 Å². The fourth-order valence-corrected chi connectivity index (χ4v) is 7.53. The molecule has 278 valence electrons. The van der Waals surface area contributed by atoms with Crippen molar-refractivity contribution in [2.75, 3.05) is 34.4 Å². The highest BCUT2D eigenvalue weighted by Crippen LogP contribution is 2.30. The minimum atomic E-state index is -0.657. The Morgan fingerprint density at radius 1 is 1.02 bits per heavy atom. The molecule has 0 unspecified atom stereocenters. The van der Waals surface area contributed by atoms with Crippen LogP contribution in [0.4, 0.5) is 0 Å². The fourth-order valence-electron chi connectivity index (χ4n) is 6.65. The predicted octanol–water partition coefficient (Wildman–Crippen LogP) is 5.26. The summed E-state index contributed by atoms with van der Waals surface area (Å²) in [6.45, 7) is 12.8. The average molecular weight is 714 g/mol. The number of ether oxygens (including phenoxy) is 2. The summed E-state index contributed by atoms with van der Waals surface area (Å²) in [6, 6.07) is 8.42. The number of esters is 1. The lowest BCUT2D eigenvalue weighted by Crippen LogP contribution is -2.57. The van der Waals surface area contributed by atoms with E-state index in [1.807, 2.05) is 58.2 Å². The molecule has 2 heterocycles. The van der Waals surface area contributed by atoms with E-state index in [1.54, 1.807) is 31.4 Å². The topological polar surface area (TPSA) is 130 Å². The van der Waals surface area contributed by atoms with Crippen molar-refractivity contribution in [3.05, 3.63) is 52.0 Å². The molecular weight excluding hydrogens is 655 g/mol. The molecule has 11 nitrogen and oxygen atoms in total. The molecule has 3 rings (SSSR count). The predicted molar refractivity (Wildman–Crippen MR) is 197 cm³/mol. The Hall–Kier alpha value is -3.35. The summed E-state index contributed by atoms with van der Waals surface area (Å²) in [5.74, 6) is -1.26. The number of methoxy groups -OCH3 is 1. The summed E-state index contributed by atoms with van der Waals surface area (Å²) >= 11 is 1.34. The fraction of sp³-hybridized carbons (Fsp3) is 0.658. The van der Waals surface area contributed by atoms with Crippen LogP contribution in [0.25, 0.3) is 0 Å². The second kappa shape index (κ2) is 19.9. The maximum atomic E-state index is 14.0. The number of carbonyl (C=O) groups is 4. The van der Waals surface area contributed by atoms with Gasteiger partial charge in [0.2, 0.25) is 11.8 Å². The highest BCUT2D eigenvalue weighted by atomic mass is 32.1. The van der Waals surface area contributed by atoms with Crippen LogP contribution in [-0.2, 0) is 30.3 Å². The third-order valence-corrected chi connectivity index (χ3v) is 10.6. The number of aromatic nitrogens is 1. The summed E-state index contributed by atoms with van der Waals surface area (Å²) < 4.78 is 11.1. The van der Waals surface area contributed by atoms with Crippen molar-refractivity contribution >= 4 is 35.0 Å². The number of carbonyl (C=O) groups excluding carboxylic acids is 4. The molecule has 50 heavy (non-hydrogen) atoms. The molecule has 2 aromatic rings. The Morgan fingerprint density at radius 3 is 2.32 bits per heavy atom. The summed E-state index contributed by atoms with van der Waals surface area (Å²) in [4.78, 5) is 61.7. The van der Waals surface area contributed by atoms with Gasteiger partial charge in [0.05, 0.1) is 18.6 Å². The van der Waals surface area contributed by atoms with Gasteiger partial charge >= 0.3 is 5.97 Å². The van der Waals surface area contributed by atoms with E-state index < -0.39 is 18.1 Å². The minimum Gasteiger partial charge on any atom is -0.466 e. The van der Waals surface area contributed by atoms with Crippen LogP contribution in [0.2, 0.25) is 0 Å². The molecule has 0 radical (unpaired) electrons. The molecule has 1 aliphatic rings. The molecule has 2 N–H and O–H groups in total. The lowest BCUT2D eigenvalue weighted by atomic mass is 9.94. The van der Waals surface area contributed by atoms with Crippen LogP contribution in [0.1, 0.15) is 101 Å². The van der Waals surface area contributed by atoms with Crippen molar-refractivity contribution < 1.29 is 28.7 Å². The van der Waals surface area contributed by atoms with E-state index in [1.165, 1.54) is 11.3 Å². The van der Waals surface area contributed by atoms with E-state index >= 15 is 0 Å². The van der Waals surface area contributed by atoms with Gasteiger partial charge in [0.1, 0.15) is 22.8 Å². The van der Waals surface area contributed by atoms with Gasteiger partial charge in [0.15, 0.2) is 0 Å². The first-order chi connectivity index (χ1) is 23.8. The Morgan fingerprint density at radius 2 is 1.72 bits per heavy atom. The summed E-state index contributed by atoms with van der Waals surface area (Å²) in [6.07, 6.45) is 3.83. The molecule has 1 aromatic heterocycles. The molecule has 6 atom stereocenters. The zero-order valence-electron chi connectivity index (χ0n) is 31.4. The number of rotatable bonds is 18. The standard InChI is InChI=1S/C38H59N5O6S/c1-10-49-38(47)26(6)20-28(21-27-16-12-11-13-17-27)39-34(44)29-23-50-36(40-29)32(48-9)22-31(24(2)3)43(8)37(46)33(25(4)5)41-35(45)30-18-14-15-19-42(30)7/h11-13,16-17,23-26,28,30-33H,10,14-15,18-22H2,1-9H3,(H,39,44)(H,41,45)/t26-,28+,30+,31+,32+,33-/m0/s1. The molecule has 1 saturated heterocycles. The number of amides is 3. The molecule has 0 spiro atoms. The van der Waals surface area contributed by atoms with Crippen LogP contribution in [0.15, 0.2) is 35.7 Å². The van der Waals surface area contributed by atoms with Crippen molar-refractivity contribution in [1.29, 1.82) is 0 Å². The Bertz CT molecular complexity index is 1380. The second-order valence-electron chi connectivity index (χ2n) is 14.3. The molecule has 0 aliphatic carbocycles. The first kappa shape index (κ1) is 41.1. The molecule has 1 aromatic carbocycles. The monoisotopic (exact) mass is 713 g/mol. The van der Waals surface area contributed by atoms with Crippen LogP contribution in [0, 0.1) is 17.8 Å². The maximum Gasteiger partial charge on any atom is 0.308 e. The zero-order valence-corrected chi connectivity index (χ0v) is 32.3. The first-order valence-electron chi connectivity index (χ1n) is 18.0. The van der Waals surface area contributed by atoms with Crippen molar-refractivity contribution in [1.82, 2.24) is 25.4 Å². The zero-order chi connectivity index (χ0) is 37.0. The van der Waals surface area contributed by atoms with Gasteiger partial charge in [-0.1, -0.05) is 71.4 Å². The SMILES string of the molecule is CCOC(=O)[C@@H](C)C[C@H](Cc1ccccc1)NC(=O)c1csc([C@@H](C[C@H](C(C)C)N(C)C(=O)[C@@H](NC(=O)[C@H]2CCCCN2C)C(C)C)OC)n1. The molecule has 3 amide bonds. The number of piperidine rings is 1. The number of nitrogens with one attached hydrogen (secondary N) is 2. The third kappa shape index (κ3) is 11.6. The van der Waals surface area contributed by atoms with Gasteiger partial charge in [-0.25, -0.2) is 4.98 Å². The highest BCUT2D eigenvalue weighted by Gasteiger charge is 2.36. The molecule has 0 bridgehead atoms. The number of benzene rings is 1. The number of hydrogen-bond donors (Lipinski definition) is 2. The summed E-state index contributed by atoms with van der Waals surface area (Å²) in [7, 11) is 5.36. The normalized spacial score (nSPS) is 18.2. The van der Waals surface area contributed by atoms with E-state index in [0.717, 1.165) is 31.4 Å². The van der Waals surface area contributed by atoms with E-state index in [0.29, 0.717) is 30.9 Å². The van der Waals surface area contributed by atoms with E-state index in [2.05, 4.69) is 34.4 Å². The van der Waals surface area contributed by atoms with Crippen molar-refractivity contribution in [2.45, 2.75) is 110 Å². The molecular formula is C38H59N5O6S. The van der Waals surface area contributed by atoms with Gasteiger partial charge in [-0.05, 0) is 63.6 Å². The molecule has 1 aliphatic heterocycles. The molecule has 12 heteroatoms. The van der Waals surface area contributed by atoms with Crippen molar-refractivity contribution in [3.8, 4) is 0 Å². The van der Waals surface area contributed by atoms with Crippen LogP contribution in [0.5, 0.6) is 0 Å². The quantitative estimate of drug-likeness (QED) is 0.200. The Balaban J connectivity index is 1.73. The smallest absolute Gasteiger partial charge is 0.308 e. The lowest BCUT2D eigenvalue weighted by Gasteiger charge is -2.37. The van der Waals surface area contributed by atoms with E-state index in [4.69, 9.17) is 9.47 Å². The van der Waals surface area contributed by atoms with E-state index in [-0.39, 0.29) is 59.3 Å². The Kier molecular flexibility index (Phi) is 16.3. The second-order valence-corrected chi connectivity index (χ2v) is 15.2. The number of thiazole rings is 1. The lowest BCUT2D eigenvalue weighted by molar-refractivity contribution is -0.147. The largest absolute Gasteiger partial charge is 0.466 e. The van der Waals surface area contributed by atoms with Gasteiger partial charge in [0.25, 0.3) is 5.91 Å². The van der Waals surface area contributed by atoms with Crippen LogP contribution >= 0.6 is 11.3 Å². The maximum absolute atomic E-state index is 14.0. The van der Waals surface area contributed by atoms with Crippen molar-refractivity contribution in [3.63, 3.8) is 0 Å². The van der Waals surface area contributed by atoms with Gasteiger partial charge < -0.3 is 25.0 Å². The number of likely N-dealkylation sites (N-methyl/N-ethyl adjacent to an activating group) is 2. The first-order valence-corrected chi connectivity index (χ1v) is 18.9. The average Bonchev–Trinajstić information content (AvgIpc) is 3.58. The number of hydrogen-bond acceptors (Lipinski definition) is 9. The third-order valence-electron chi connectivity index (χ3n) is 9.68.